The molecule has 0 fully saturated rings. The molecule has 3 heterocycles. The maximum absolute atomic E-state index is 6.09. The first-order valence-electron chi connectivity index (χ1n) is 7.14. The van der Waals surface area contributed by atoms with Crippen LogP contribution in [-0.4, -0.2) is 26.4 Å². The minimum absolute atomic E-state index is 0.0757. The van der Waals surface area contributed by atoms with Crippen LogP contribution in [0.1, 0.15) is 37.7 Å². The number of aryl methyl sites for hydroxylation is 1. The van der Waals surface area contributed by atoms with E-state index < -0.39 is 0 Å². The highest BCUT2D eigenvalue weighted by molar-refractivity contribution is 5.62. The normalized spacial score (nSPS) is 15.0. The van der Waals surface area contributed by atoms with Crippen LogP contribution in [0.5, 0.6) is 0 Å². The van der Waals surface area contributed by atoms with Crippen molar-refractivity contribution >= 4 is 5.82 Å². The summed E-state index contributed by atoms with van der Waals surface area (Å²) in [4.78, 5) is 9.18. The van der Waals surface area contributed by atoms with Crippen molar-refractivity contribution in [3.8, 4) is 11.4 Å². The van der Waals surface area contributed by atoms with Gasteiger partial charge in [0.2, 0.25) is 0 Å². The van der Waals surface area contributed by atoms with E-state index in [1.807, 2.05) is 13.2 Å². The summed E-state index contributed by atoms with van der Waals surface area (Å²) >= 11 is 0. The summed E-state index contributed by atoms with van der Waals surface area (Å²) in [6.07, 6.45) is 2.74. The second-order valence-electron chi connectivity index (χ2n) is 6.48. The lowest BCUT2D eigenvalue weighted by atomic mass is 9.89. The van der Waals surface area contributed by atoms with Crippen LogP contribution in [-0.2, 0) is 30.2 Å². The number of hydrogen-bond donors (Lipinski definition) is 1. The van der Waals surface area contributed by atoms with Crippen molar-refractivity contribution in [2.75, 3.05) is 12.3 Å². The van der Waals surface area contributed by atoms with Crippen LogP contribution in [0.2, 0.25) is 0 Å². The summed E-state index contributed by atoms with van der Waals surface area (Å²) in [6.45, 7) is 7.58. The van der Waals surface area contributed by atoms with E-state index >= 15 is 0 Å². The number of nitrogens with zero attached hydrogens (tertiary/aromatic N) is 4. The van der Waals surface area contributed by atoms with Gasteiger partial charge in [-0.3, -0.25) is 4.68 Å². The Balaban J connectivity index is 2.15. The lowest BCUT2D eigenvalue weighted by molar-refractivity contribution is 0.109. The third kappa shape index (κ3) is 2.51. The van der Waals surface area contributed by atoms with Gasteiger partial charge in [0.15, 0.2) is 5.82 Å². The molecule has 0 aromatic carbocycles. The molecule has 0 saturated heterocycles. The van der Waals surface area contributed by atoms with Gasteiger partial charge in [-0.15, -0.1) is 0 Å². The van der Waals surface area contributed by atoms with Crippen molar-refractivity contribution in [3.63, 3.8) is 0 Å². The second kappa shape index (κ2) is 4.80. The summed E-state index contributed by atoms with van der Waals surface area (Å²) in [7, 11) is 1.91. The van der Waals surface area contributed by atoms with E-state index in [-0.39, 0.29) is 5.41 Å². The zero-order valence-electron chi connectivity index (χ0n) is 13.0. The molecule has 0 spiro atoms. The number of anilines is 1. The summed E-state index contributed by atoms with van der Waals surface area (Å²) in [6, 6.07) is 0. The summed E-state index contributed by atoms with van der Waals surface area (Å²) in [5.41, 5.74) is 9.86. The Morgan fingerprint density at radius 3 is 2.76 bits per heavy atom. The molecule has 112 valence electrons. The van der Waals surface area contributed by atoms with Crippen LogP contribution in [0.4, 0.5) is 5.82 Å². The minimum atomic E-state index is -0.0757. The third-order valence-corrected chi connectivity index (χ3v) is 3.63. The molecule has 0 amide bonds. The first kappa shape index (κ1) is 14.0. The molecule has 21 heavy (non-hydrogen) atoms. The average Bonchev–Trinajstić information content (AvgIpc) is 2.81. The van der Waals surface area contributed by atoms with Crippen molar-refractivity contribution < 1.29 is 4.74 Å². The molecule has 0 unspecified atom stereocenters. The molecule has 2 aromatic heterocycles. The molecule has 0 aliphatic carbocycles. The van der Waals surface area contributed by atoms with Crippen LogP contribution in [0, 0.1) is 0 Å². The Kier molecular flexibility index (Phi) is 3.20. The highest BCUT2D eigenvalue weighted by atomic mass is 16.5. The maximum Gasteiger partial charge on any atom is 0.165 e. The largest absolute Gasteiger partial charge is 0.383 e. The molecule has 2 N–H and O–H groups in total. The van der Waals surface area contributed by atoms with E-state index in [1.165, 1.54) is 0 Å². The molecule has 0 radical (unpaired) electrons. The molecular weight excluding hydrogens is 266 g/mol. The van der Waals surface area contributed by atoms with Crippen molar-refractivity contribution in [1.29, 1.82) is 0 Å². The fraction of sp³-hybridized carbons (Fsp3) is 0.533. The van der Waals surface area contributed by atoms with Crippen molar-refractivity contribution in [2.24, 2.45) is 7.05 Å². The van der Waals surface area contributed by atoms with Gasteiger partial charge < -0.3 is 10.5 Å². The number of fused-ring (bicyclic) bond motifs is 1. The maximum atomic E-state index is 6.09. The lowest BCUT2D eigenvalue weighted by Gasteiger charge is -2.19. The van der Waals surface area contributed by atoms with Crippen LogP contribution >= 0.6 is 0 Å². The molecule has 6 heteroatoms. The predicted molar refractivity (Wildman–Crippen MR) is 80.7 cm³/mol. The SMILES string of the molecule is Cn1cc(-c2nc(N)c3c(n2)CCOC3)c(C(C)(C)C)n1. The number of rotatable bonds is 1. The average molecular weight is 287 g/mol. The summed E-state index contributed by atoms with van der Waals surface area (Å²) in [5.74, 6) is 1.17. The number of hydrogen-bond acceptors (Lipinski definition) is 5. The molecule has 0 saturated carbocycles. The highest BCUT2D eigenvalue weighted by Crippen LogP contribution is 2.31. The van der Waals surface area contributed by atoms with Crippen LogP contribution < -0.4 is 5.73 Å². The van der Waals surface area contributed by atoms with Gasteiger partial charge in [-0.1, -0.05) is 20.8 Å². The van der Waals surface area contributed by atoms with E-state index in [2.05, 4.69) is 30.9 Å². The topological polar surface area (TPSA) is 78.9 Å². The number of nitrogen functional groups attached to an aromatic ring is 1. The molecule has 1 aliphatic heterocycles. The van der Waals surface area contributed by atoms with Gasteiger partial charge in [0.05, 0.1) is 30.2 Å². The van der Waals surface area contributed by atoms with Crippen LogP contribution in [0.15, 0.2) is 6.20 Å². The fourth-order valence-corrected chi connectivity index (χ4v) is 2.58. The number of ether oxygens (including phenoxy) is 1. The van der Waals surface area contributed by atoms with E-state index in [4.69, 9.17) is 15.5 Å². The Hall–Kier alpha value is -1.95. The Morgan fingerprint density at radius 1 is 1.29 bits per heavy atom. The van der Waals surface area contributed by atoms with Crippen molar-refractivity contribution in [3.05, 3.63) is 23.1 Å². The predicted octanol–water partition coefficient (Wildman–Crippen LogP) is 1.83. The smallest absolute Gasteiger partial charge is 0.165 e. The van der Waals surface area contributed by atoms with E-state index in [9.17, 15) is 0 Å². The molecule has 6 nitrogen and oxygen atoms in total. The standard InChI is InChI=1S/C15H21N5O/c1-15(2,3)12-9(7-20(4)19-12)14-17-11-5-6-21-8-10(11)13(16)18-14/h7H,5-6,8H2,1-4H3,(H2,16,17,18). The van der Waals surface area contributed by atoms with Crippen molar-refractivity contribution in [2.45, 2.75) is 39.2 Å². The van der Waals surface area contributed by atoms with Gasteiger partial charge in [0, 0.05) is 30.6 Å². The van der Waals surface area contributed by atoms with Gasteiger partial charge in [-0.2, -0.15) is 5.10 Å². The molecule has 0 bridgehead atoms. The van der Waals surface area contributed by atoms with Gasteiger partial charge >= 0.3 is 0 Å². The van der Waals surface area contributed by atoms with E-state index in [1.54, 1.807) is 4.68 Å². The van der Waals surface area contributed by atoms with Gasteiger partial charge in [-0.05, 0) is 0 Å². The van der Waals surface area contributed by atoms with Gasteiger partial charge in [-0.25, -0.2) is 9.97 Å². The Bertz CT molecular complexity index is 684. The summed E-state index contributed by atoms with van der Waals surface area (Å²) < 4.78 is 7.23. The third-order valence-electron chi connectivity index (χ3n) is 3.63. The fourth-order valence-electron chi connectivity index (χ4n) is 2.58. The minimum Gasteiger partial charge on any atom is -0.383 e. The number of aromatic nitrogens is 4. The van der Waals surface area contributed by atoms with Gasteiger partial charge in [0.25, 0.3) is 0 Å². The van der Waals surface area contributed by atoms with Crippen molar-refractivity contribution in [1.82, 2.24) is 19.7 Å². The Labute approximate surface area is 124 Å². The molecule has 0 atom stereocenters. The lowest BCUT2D eigenvalue weighted by Crippen LogP contribution is -2.17. The Morgan fingerprint density at radius 2 is 2.05 bits per heavy atom. The molecule has 3 rings (SSSR count). The van der Waals surface area contributed by atoms with E-state index in [0.717, 1.165) is 28.9 Å². The number of nitrogens with two attached hydrogens (primary N) is 1. The van der Waals surface area contributed by atoms with E-state index in [0.29, 0.717) is 24.9 Å². The quantitative estimate of drug-likeness (QED) is 0.865. The zero-order chi connectivity index (χ0) is 15.2. The zero-order valence-corrected chi connectivity index (χ0v) is 13.0. The van der Waals surface area contributed by atoms with Crippen LogP contribution in [0.25, 0.3) is 11.4 Å². The first-order valence-corrected chi connectivity index (χ1v) is 7.14. The molecule has 1 aliphatic rings. The van der Waals surface area contributed by atoms with Crippen LogP contribution in [0.3, 0.4) is 0 Å². The monoisotopic (exact) mass is 287 g/mol. The highest BCUT2D eigenvalue weighted by Gasteiger charge is 2.26. The molecular formula is C15H21N5O. The second-order valence-corrected chi connectivity index (χ2v) is 6.48. The van der Waals surface area contributed by atoms with Gasteiger partial charge in [0.1, 0.15) is 5.82 Å². The molecule has 2 aromatic rings. The summed E-state index contributed by atoms with van der Waals surface area (Å²) in [5, 5.41) is 4.57. The first-order chi connectivity index (χ1) is 9.86.